The second-order valence-corrected chi connectivity index (χ2v) is 6.26. The fraction of sp³-hybridized carbons (Fsp3) is 0.150. The summed E-state index contributed by atoms with van der Waals surface area (Å²) in [7, 11) is 0. The van der Waals surface area contributed by atoms with E-state index in [2.05, 4.69) is 15.0 Å². The maximum Gasteiger partial charge on any atom is 0.270 e. The Morgan fingerprint density at radius 3 is 2.78 bits per heavy atom. The Hall–Kier alpha value is -3.48. The largest absolute Gasteiger partial charge is 0.351 e. The zero-order valence-corrected chi connectivity index (χ0v) is 14.6. The van der Waals surface area contributed by atoms with E-state index in [1.807, 2.05) is 13.0 Å². The second-order valence-electron chi connectivity index (χ2n) is 6.26. The Labute approximate surface area is 153 Å². The third kappa shape index (κ3) is 3.19. The van der Waals surface area contributed by atoms with Gasteiger partial charge < -0.3 is 14.9 Å². The Balaban J connectivity index is 1.65. The van der Waals surface area contributed by atoms with Crippen LogP contribution < -0.4 is 5.56 Å². The third-order valence-corrected chi connectivity index (χ3v) is 4.48. The highest BCUT2D eigenvalue weighted by atomic mass is 19.1. The molecular weight excluding hydrogens is 347 g/mol. The molecule has 0 spiro atoms. The lowest BCUT2D eigenvalue weighted by atomic mass is 10.2. The average Bonchev–Trinajstić information content (AvgIpc) is 3.09. The quantitative estimate of drug-likeness (QED) is 0.583. The molecule has 7 heteroatoms. The molecule has 2 aromatic heterocycles. The van der Waals surface area contributed by atoms with Crippen molar-refractivity contribution in [3.63, 3.8) is 0 Å². The van der Waals surface area contributed by atoms with Gasteiger partial charge in [0.2, 0.25) is 0 Å². The van der Waals surface area contributed by atoms with Crippen LogP contribution in [0.15, 0.2) is 53.3 Å². The first-order valence-corrected chi connectivity index (χ1v) is 8.60. The first kappa shape index (κ1) is 17.0. The molecule has 0 bridgehead atoms. The van der Waals surface area contributed by atoms with E-state index in [1.54, 1.807) is 35.2 Å². The number of para-hydroxylation sites is 1. The van der Waals surface area contributed by atoms with Crippen molar-refractivity contribution in [3.8, 4) is 0 Å². The Morgan fingerprint density at radius 1 is 1.15 bits per heavy atom. The number of halogens is 1. The van der Waals surface area contributed by atoms with Crippen molar-refractivity contribution in [2.45, 2.75) is 13.5 Å². The highest BCUT2D eigenvalue weighted by molar-refractivity contribution is 5.98. The van der Waals surface area contributed by atoms with Gasteiger partial charge in [-0.25, -0.2) is 9.37 Å². The molecular formula is C20H17FN4O2. The van der Waals surface area contributed by atoms with Crippen molar-refractivity contribution in [1.82, 2.24) is 19.9 Å². The summed E-state index contributed by atoms with van der Waals surface area (Å²) in [6, 6.07) is 13.0. The van der Waals surface area contributed by atoms with Crippen LogP contribution in [0.1, 0.15) is 23.2 Å². The molecule has 4 aromatic rings. The molecule has 4 rings (SSSR count). The SMILES string of the molecule is CCN(Cc1nc2ccccc2c(=O)[nH]1)C(=O)c1cc2cc(F)ccc2[nH]1. The number of aromatic nitrogens is 3. The predicted octanol–water partition coefficient (Wildman–Crippen LogP) is 3.21. The molecule has 0 radical (unpaired) electrons. The molecule has 0 saturated carbocycles. The van der Waals surface area contributed by atoms with E-state index in [9.17, 15) is 14.0 Å². The lowest BCUT2D eigenvalue weighted by Crippen LogP contribution is -2.32. The predicted molar refractivity (Wildman–Crippen MR) is 101 cm³/mol. The molecule has 0 atom stereocenters. The fourth-order valence-electron chi connectivity index (χ4n) is 3.11. The van der Waals surface area contributed by atoms with Gasteiger partial charge in [-0.15, -0.1) is 0 Å². The topological polar surface area (TPSA) is 81.8 Å². The number of hydrogen-bond donors (Lipinski definition) is 2. The molecule has 2 N–H and O–H groups in total. The van der Waals surface area contributed by atoms with Crippen LogP contribution in [0.2, 0.25) is 0 Å². The highest BCUT2D eigenvalue weighted by Gasteiger charge is 2.18. The molecule has 0 aliphatic carbocycles. The van der Waals surface area contributed by atoms with Crippen LogP contribution in [0.3, 0.4) is 0 Å². The summed E-state index contributed by atoms with van der Waals surface area (Å²) in [6.45, 7) is 2.44. The maximum atomic E-state index is 13.4. The molecule has 1 amide bonds. The lowest BCUT2D eigenvalue weighted by molar-refractivity contribution is 0.0743. The van der Waals surface area contributed by atoms with Crippen molar-refractivity contribution in [1.29, 1.82) is 0 Å². The monoisotopic (exact) mass is 364 g/mol. The number of hydrogen-bond acceptors (Lipinski definition) is 3. The highest BCUT2D eigenvalue weighted by Crippen LogP contribution is 2.18. The number of amides is 1. The van der Waals surface area contributed by atoms with Gasteiger partial charge in [-0.2, -0.15) is 0 Å². The summed E-state index contributed by atoms with van der Waals surface area (Å²) in [6.07, 6.45) is 0. The molecule has 0 unspecified atom stereocenters. The molecule has 0 aliphatic rings. The van der Waals surface area contributed by atoms with Crippen LogP contribution in [-0.4, -0.2) is 32.3 Å². The number of benzene rings is 2. The lowest BCUT2D eigenvalue weighted by Gasteiger charge is -2.19. The molecule has 27 heavy (non-hydrogen) atoms. The van der Waals surface area contributed by atoms with E-state index in [-0.39, 0.29) is 23.8 Å². The van der Waals surface area contributed by atoms with Crippen LogP contribution >= 0.6 is 0 Å². The van der Waals surface area contributed by atoms with Crippen LogP contribution in [-0.2, 0) is 6.54 Å². The van der Waals surface area contributed by atoms with E-state index in [0.717, 1.165) is 0 Å². The number of fused-ring (bicyclic) bond motifs is 2. The van der Waals surface area contributed by atoms with Gasteiger partial charge >= 0.3 is 0 Å². The fourth-order valence-corrected chi connectivity index (χ4v) is 3.11. The van der Waals surface area contributed by atoms with Gasteiger partial charge in [-0.3, -0.25) is 9.59 Å². The minimum atomic E-state index is -0.356. The van der Waals surface area contributed by atoms with Crippen molar-refractivity contribution in [3.05, 3.63) is 76.2 Å². The smallest absolute Gasteiger partial charge is 0.270 e. The van der Waals surface area contributed by atoms with Gasteiger partial charge in [-0.05, 0) is 43.3 Å². The number of rotatable bonds is 4. The zero-order valence-electron chi connectivity index (χ0n) is 14.6. The first-order valence-electron chi connectivity index (χ1n) is 8.60. The summed E-state index contributed by atoms with van der Waals surface area (Å²) in [5.74, 6) is -0.188. The number of aromatic amines is 2. The average molecular weight is 364 g/mol. The third-order valence-electron chi connectivity index (χ3n) is 4.48. The van der Waals surface area contributed by atoms with Gasteiger partial charge in [-0.1, -0.05) is 12.1 Å². The van der Waals surface area contributed by atoms with Crippen molar-refractivity contribution in [2.24, 2.45) is 0 Å². The summed E-state index contributed by atoms with van der Waals surface area (Å²) in [5, 5.41) is 1.14. The Kier molecular flexibility index (Phi) is 4.19. The second kappa shape index (κ2) is 6.68. The van der Waals surface area contributed by atoms with Crippen LogP contribution in [0.4, 0.5) is 4.39 Å². The molecule has 6 nitrogen and oxygen atoms in total. The summed E-state index contributed by atoms with van der Waals surface area (Å²) in [4.78, 5) is 36.8. The van der Waals surface area contributed by atoms with Gasteiger partial charge in [0.25, 0.3) is 11.5 Å². The van der Waals surface area contributed by atoms with E-state index >= 15 is 0 Å². The van der Waals surface area contributed by atoms with Crippen molar-refractivity contribution >= 4 is 27.7 Å². The summed E-state index contributed by atoms with van der Waals surface area (Å²) in [5.41, 5.74) is 1.40. The number of H-pyrrole nitrogens is 2. The van der Waals surface area contributed by atoms with Crippen LogP contribution in [0.25, 0.3) is 21.8 Å². The molecule has 0 fully saturated rings. The summed E-state index contributed by atoms with van der Waals surface area (Å²) >= 11 is 0. The standard InChI is InChI=1S/C20H17FN4O2/c1-2-25(11-18-23-16-6-4-3-5-14(16)19(26)24-18)20(27)17-10-12-9-13(21)7-8-15(12)22-17/h3-10,22H,2,11H2,1H3,(H,23,24,26). The maximum absolute atomic E-state index is 13.4. The van der Waals surface area contributed by atoms with Crippen LogP contribution in [0, 0.1) is 5.82 Å². The normalized spacial score (nSPS) is 11.2. The molecule has 2 heterocycles. The van der Waals surface area contributed by atoms with Gasteiger partial charge in [0, 0.05) is 17.4 Å². The number of nitrogens with one attached hydrogen (secondary N) is 2. The Bertz CT molecular complexity index is 1210. The van der Waals surface area contributed by atoms with E-state index in [0.29, 0.717) is 39.9 Å². The van der Waals surface area contributed by atoms with Gasteiger partial charge in [0.05, 0.1) is 17.4 Å². The van der Waals surface area contributed by atoms with Crippen molar-refractivity contribution in [2.75, 3.05) is 6.54 Å². The van der Waals surface area contributed by atoms with E-state index in [1.165, 1.54) is 12.1 Å². The molecule has 136 valence electrons. The van der Waals surface area contributed by atoms with E-state index in [4.69, 9.17) is 0 Å². The minimum Gasteiger partial charge on any atom is -0.351 e. The molecule has 0 aliphatic heterocycles. The van der Waals surface area contributed by atoms with E-state index < -0.39 is 0 Å². The number of nitrogens with zero attached hydrogens (tertiary/aromatic N) is 2. The number of carbonyl (C=O) groups excluding carboxylic acids is 1. The zero-order chi connectivity index (χ0) is 19.0. The van der Waals surface area contributed by atoms with Crippen LogP contribution in [0.5, 0.6) is 0 Å². The first-order chi connectivity index (χ1) is 13.0. The molecule has 2 aromatic carbocycles. The van der Waals surface area contributed by atoms with Gasteiger partial charge in [0.15, 0.2) is 0 Å². The minimum absolute atomic E-state index is 0.166. The molecule has 0 saturated heterocycles. The van der Waals surface area contributed by atoms with Gasteiger partial charge in [0.1, 0.15) is 17.3 Å². The van der Waals surface area contributed by atoms with Crippen molar-refractivity contribution < 1.29 is 9.18 Å². The Morgan fingerprint density at radius 2 is 1.96 bits per heavy atom. The summed E-state index contributed by atoms with van der Waals surface area (Å²) < 4.78 is 13.4. The number of carbonyl (C=O) groups is 1.